The first kappa shape index (κ1) is 12.7. The number of benzene rings is 1. The minimum atomic E-state index is -0.946. The molecule has 0 bridgehead atoms. The van der Waals surface area contributed by atoms with Gasteiger partial charge in [-0.3, -0.25) is 0 Å². The Morgan fingerprint density at radius 2 is 2.25 bits per heavy atom. The van der Waals surface area contributed by atoms with Gasteiger partial charge in [0.1, 0.15) is 4.88 Å². The van der Waals surface area contributed by atoms with Gasteiger partial charge in [0.15, 0.2) is 16.6 Å². The summed E-state index contributed by atoms with van der Waals surface area (Å²) in [5.74, 6) is 0.425. The van der Waals surface area contributed by atoms with E-state index in [4.69, 9.17) is 14.6 Å². The fraction of sp³-hybridized carbons (Fsp3) is 0.231. The summed E-state index contributed by atoms with van der Waals surface area (Å²) < 4.78 is 10.5. The van der Waals surface area contributed by atoms with Crippen LogP contribution in [-0.4, -0.2) is 22.9 Å². The molecule has 0 fully saturated rings. The fourth-order valence-electron chi connectivity index (χ4n) is 1.91. The highest BCUT2D eigenvalue weighted by molar-refractivity contribution is 7.17. The molecule has 0 saturated carbocycles. The maximum atomic E-state index is 11.1. The average molecular weight is 292 g/mol. The number of hydrogen-bond acceptors (Lipinski definition) is 6. The largest absolute Gasteiger partial charge is 0.477 e. The number of rotatable bonds is 4. The smallest absolute Gasteiger partial charge is 0.347 e. The molecule has 20 heavy (non-hydrogen) atoms. The molecule has 0 amide bonds. The van der Waals surface area contributed by atoms with Crippen LogP contribution >= 0.6 is 11.3 Å². The second-order valence-electron chi connectivity index (χ2n) is 4.15. The van der Waals surface area contributed by atoms with Gasteiger partial charge in [0.05, 0.1) is 5.69 Å². The summed E-state index contributed by atoms with van der Waals surface area (Å²) in [5, 5.41) is 12.8. The normalized spacial score (nSPS) is 12.4. The van der Waals surface area contributed by atoms with Crippen molar-refractivity contribution in [3.05, 3.63) is 28.8 Å². The van der Waals surface area contributed by atoms with Crippen LogP contribution in [0.3, 0.4) is 0 Å². The number of fused-ring (bicyclic) bond motifs is 1. The number of hydrogen-bond donors (Lipinski definition) is 2. The maximum Gasteiger partial charge on any atom is 0.347 e. The van der Waals surface area contributed by atoms with E-state index in [-0.39, 0.29) is 11.7 Å². The molecule has 104 valence electrons. The van der Waals surface area contributed by atoms with Crippen molar-refractivity contribution >= 4 is 28.1 Å². The summed E-state index contributed by atoms with van der Waals surface area (Å²) in [6.07, 6.45) is 0.584. The summed E-state index contributed by atoms with van der Waals surface area (Å²) in [5.41, 5.74) is 1.37. The Labute approximate surface area is 119 Å². The van der Waals surface area contributed by atoms with E-state index in [1.54, 1.807) is 12.1 Å². The monoisotopic (exact) mass is 292 g/mol. The Morgan fingerprint density at radius 1 is 1.45 bits per heavy atom. The molecule has 2 aromatic rings. The molecule has 3 rings (SSSR count). The topological polar surface area (TPSA) is 80.7 Å². The van der Waals surface area contributed by atoms with Crippen molar-refractivity contribution in [2.24, 2.45) is 0 Å². The number of carbonyl (C=O) groups is 1. The van der Waals surface area contributed by atoms with Gasteiger partial charge in [0.25, 0.3) is 0 Å². The molecule has 6 nitrogen and oxygen atoms in total. The molecule has 2 N–H and O–H groups in total. The molecular formula is C13H12N2O4S. The van der Waals surface area contributed by atoms with Gasteiger partial charge in [-0.1, -0.05) is 18.3 Å². The van der Waals surface area contributed by atoms with Crippen LogP contribution in [0.5, 0.6) is 11.5 Å². The first-order chi connectivity index (χ1) is 9.67. The zero-order valence-corrected chi connectivity index (χ0v) is 11.5. The minimum absolute atomic E-state index is 0.221. The number of carboxylic acids is 1. The number of aromatic nitrogens is 1. The molecule has 1 aromatic carbocycles. The van der Waals surface area contributed by atoms with Crippen molar-refractivity contribution in [3.8, 4) is 11.5 Å². The third-order valence-corrected chi connectivity index (χ3v) is 3.85. The van der Waals surface area contributed by atoms with E-state index in [1.165, 1.54) is 0 Å². The van der Waals surface area contributed by atoms with Crippen molar-refractivity contribution in [3.63, 3.8) is 0 Å². The third kappa shape index (κ3) is 2.27. The molecule has 1 aromatic heterocycles. The highest BCUT2D eigenvalue weighted by Gasteiger charge is 2.17. The Balaban J connectivity index is 1.86. The first-order valence-electron chi connectivity index (χ1n) is 6.07. The van der Waals surface area contributed by atoms with Crippen LogP contribution < -0.4 is 14.8 Å². The SMILES string of the molecule is CCc1nc(Nc2ccc3c(c2)OCO3)sc1C(=O)O. The lowest BCUT2D eigenvalue weighted by molar-refractivity contribution is 0.0701. The van der Waals surface area contributed by atoms with Crippen LogP contribution in [0.4, 0.5) is 10.8 Å². The molecule has 0 unspecified atom stereocenters. The van der Waals surface area contributed by atoms with Crippen LogP contribution in [0.1, 0.15) is 22.3 Å². The van der Waals surface area contributed by atoms with E-state index in [9.17, 15) is 4.79 Å². The van der Waals surface area contributed by atoms with Crippen LogP contribution in [-0.2, 0) is 6.42 Å². The molecule has 0 radical (unpaired) electrons. The average Bonchev–Trinajstić information content (AvgIpc) is 3.04. The van der Waals surface area contributed by atoms with Crippen molar-refractivity contribution < 1.29 is 19.4 Å². The maximum absolute atomic E-state index is 11.1. The zero-order chi connectivity index (χ0) is 14.1. The van der Waals surface area contributed by atoms with Gasteiger partial charge in [0, 0.05) is 11.8 Å². The number of anilines is 2. The molecule has 7 heteroatoms. The van der Waals surface area contributed by atoms with Crippen LogP contribution in [0.2, 0.25) is 0 Å². The Hall–Kier alpha value is -2.28. The van der Waals surface area contributed by atoms with Gasteiger partial charge >= 0.3 is 5.97 Å². The van der Waals surface area contributed by atoms with E-state index in [0.717, 1.165) is 17.0 Å². The number of aromatic carboxylic acids is 1. The van der Waals surface area contributed by atoms with Crippen molar-refractivity contribution in [1.29, 1.82) is 0 Å². The van der Waals surface area contributed by atoms with Crippen molar-refractivity contribution in [1.82, 2.24) is 4.98 Å². The van der Waals surface area contributed by atoms with Gasteiger partial charge in [-0.15, -0.1) is 0 Å². The zero-order valence-electron chi connectivity index (χ0n) is 10.7. The first-order valence-corrected chi connectivity index (χ1v) is 6.88. The lowest BCUT2D eigenvalue weighted by Gasteiger charge is -2.03. The molecular weight excluding hydrogens is 280 g/mol. The molecule has 0 spiro atoms. The minimum Gasteiger partial charge on any atom is -0.477 e. The van der Waals surface area contributed by atoms with Gasteiger partial charge < -0.3 is 19.9 Å². The van der Waals surface area contributed by atoms with E-state index < -0.39 is 5.97 Å². The summed E-state index contributed by atoms with van der Waals surface area (Å²) >= 11 is 1.13. The van der Waals surface area contributed by atoms with Crippen molar-refractivity contribution in [2.45, 2.75) is 13.3 Å². The molecule has 1 aliphatic heterocycles. The van der Waals surface area contributed by atoms with E-state index in [1.807, 2.05) is 13.0 Å². The lowest BCUT2D eigenvalue weighted by atomic mass is 10.3. The second-order valence-corrected chi connectivity index (χ2v) is 5.15. The van der Waals surface area contributed by atoms with Gasteiger partial charge in [0.2, 0.25) is 6.79 Å². The summed E-state index contributed by atoms with van der Waals surface area (Å²) in [7, 11) is 0. The molecule has 0 saturated heterocycles. The van der Waals surface area contributed by atoms with E-state index in [0.29, 0.717) is 28.7 Å². The highest BCUT2D eigenvalue weighted by atomic mass is 32.1. The molecule has 0 atom stereocenters. The van der Waals surface area contributed by atoms with E-state index >= 15 is 0 Å². The Bertz CT molecular complexity index is 668. The van der Waals surface area contributed by atoms with Gasteiger partial charge in [-0.05, 0) is 18.6 Å². The predicted molar refractivity (Wildman–Crippen MR) is 74.3 cm³/mol. The summed E-state index contributed by atoms with van der Waals surface area (Å²) in [4.78, 5) is 15.7. The summed E-state index contributed by atoms with van der Waals surface area (Å²) in [6, 6.07) is 5.44. The van der Waals surface area contributed by atoms with Crippen LogP contribution in [0.15, 0.2) is 18.2 Å². The lowest BCUT2D eigenvalue weighted by Crippen LogP contribution is -1.97. The second kappa shape index (κ2) is 5.01. The van der Waals surface area contributed by atoms with Crippen LogP contribution in [0.25, 0.3) is 0 Å². The number of nitrogens with zero attached hydrogens (tertiary/aromatic N) is 1. The number of ether oxygens (including phenoxy) is 2. The predicted octanol–water partition coefficient (Wildman–Crippen LogP) is 2.88. The molecule has 1 aliphatic rings. The highest BCUT2D eigenvalue weighted by Crippen LogP contribution is 2.36. The van der Waals surface area contributed by atoms with E-state index in [2.05, 4.69) is 10.3 Å². The molecule has 0 aliphatic carbocycles. The fourth-order valence-corrected chi connectivity index (χ4v) is 2.82. The number of thiazole rings is 1. The number of carboxylic acid groups (broad SMARTS) is 1. The quantitative estimate of drug-likeness (QED) is 0.902. The Kier molecular flexibility index (Phi) is 3.19. The standard InChI is InChI=1S/C13H12N2O4S/c1-2-8-11(12(16)17)20-13(15-8)14-7-3-4-9-10(5-7)19-6-18-9/h3-5H,2,6H2,1H3,(H,14,15)(H,16,17). The Morgan fingerprint density at radius 3 is 2.95 bits per heavy atom. The number of aryl methyl sites for hydroxylation is 1. The van der Waals surface area contributed by atoms with Gasteiger partial charge in [-0.25, -0.2) is 9.78 Å². The molecule has 2 heterocycles. The number of nitrogens with one attached hydrogen (secondary N) is 1. The third-order valence-electron chi connectivity index (χ3n) is 2.85. The van der Waals surface area contributed by atoms with Gasteiger partial charge in [-0.2, -0.15) is 0 Å². The summed E-state index contributed by atoms with van der Waals surface area (Å²) in [6.45, 7) is 2.10. The van der Waals surface area contributed by atoms with Crippen LogP contribution in [0, 0.1) is 0 Å². The van der Waals surface area contributed by atoms with Crippen molar-refractivity contribution in [2.75, 3.05) is 12.1 Å².